The number of hydrogen-bond donors (Lipinski definition) is 0. The van der Waals surface area contributed by atoms with Gasteiger partial charge in [-0.15, -0.1) is 11.8 Å². The molecule has 28 heavy (non-hydrogen) atoms. The fourth-order valence-corrected chi connectivity index (χ4v) is 3.31. The molecule has 0 aliphatic rings. The molecule has 146 valence electrons. The maximum atomic E-state index is 11.9. The predicted octanol–water partition coefficient (Wildman–Crippen LogP) is 5.01. The lowest BCUT2D eigenvalue weighted by molar-refractivity contribution is -0.145. The van der Waals surface area contributed by atoms with Gasteiger partial charge in [0.2, 0.25) is 5.82 Å². The maximum absolute atomic E-state index is 11.9. The monoisotopic (exact) mass is 418 g/mol. The van der Waals surface area contributed by atoms with Gasteiger partial charge in [-0.05, 0) is 43.3 Å². The highest BCUT2D eigenvalue weighted by atomic mass is 35.5. The lowest BCUT2D eigenvalue weighted by atomic mass is 10.2. The molecular formula is C20H19ClN2O4S. The molecule has 0 N–H and O–H groups in total. The Morgan fingerprint density at radius 1 is 1.18 bits per heavy atom. The highest BCUT2D eigenvalue weighted by Gasteiger charge is 2.14. The van der Waals surface area contributed by atoms with E-state index in [1.165, 1.54) is 0 Å². The quantitative estimate of drug-likeness (QED) is 0.357. The average molecular weight is 419 g/mol. The van der Waals surface area contributed by atoms with Crippen molar-refractivity contribution in [2.45, 2.75) is 24.8 Å². The Morgan fingerprint density at radius 3 is 2.75 bits per heavy atom. The highest BCUT2D eigenvalue weighted by Crippen LogP contribution is 2.27. The summed E-state index contributed by atoms with van der Waals surface area (Å²) in [5.74, 6) is 1.59. The number of rotatable bonds is 9. The van der Waals surface area contributed by atoms with Gasteiger partial charge in [0.25, 0.3) is 5.89 Å². The highest BCUT2D eigenvalue weighted by molar-refractivity contribution is 7.99. The molecular weight excluding hydrogens is 400 g/mol. The Balaban J connectivity index is 1.47. The zero-order valence-corrected chi connectivity index (χ0v) is 16.8. The second-order valence-electron chi connectivity index (χ2n) is 5.65. The number of halogens is 1. The Kier molecular flexibility index (Phi) is 7.33. The van der Waals surface area contributed by atoms with Crippen LogP contribution in [0.25, 0.3) is 11.4 Å². The number of thioether (sulfide) groups is 1. The molecule has 0 saturated heterocycles. The molecule has 1 heterocycles. The number of aromatic nitrogens is 2. The molecule has 6 nitrogen and oxygen atoms in total. The van der Waals surface area contributed by atoms with Crippen LogP contribution >= 0.6 is 23.4 Å². The Hall–Kier alpha value is -2.51. The predicted molar refractivity (Wildman–Crippen MR) is 107 cm³/mol. The molecule has 0 amide bonds. The van der Waals surface area contributed by atoms with Gasteiger partial charge in [0.15, 0.2) is 6.61 Å². The Bertz CT molecular complexity index is 915. The van der Waals surface area contributed by atoms with Crippen molar-refractivity contribution in [1.29, 1.82) is 0 Å². The van der Waals surface area contributed by atoms with Crippen LogP contribution in [0.3, 0.4) is 0 Å². The molecule has 0 saturated carbocycles. The van der Waals surface area contributed by atoms with Gasteiger partial charge < -0.3 is 14.0 Å². The van der Waals surface area contributed by atoms with E-state index in [1.807, 2.05) is 55.5 Å². The van der Waals surface area contributed by atoms with Crippen LogP contribution in [-0.2, 0) is 16.1 Å². The van der Waals surface area contributed by atoms with Crippen molar-refractivity contribution in [3.8, 4) is 17.1 Å². The summed E-state index contributed by atoms with van der Waals surface area (Å²) in [6.07, 6.45) is 0.279. The van der Waals surface area contributed by atoms with Crippen LogP contribution in [0.15, 0.2) is 57.9 Å². The van der Waals surface area contributed by atoms with Gasteiger partial charge in [0.1, 0.15) is 5.75 Å². The summed E-state index contributed by atoms with van der Waals surface area (Å²) in [5, 5.41) is 4.63. The van der Waals surface area contributed by atoms with Crippen LogP contribution in [0.2, 0.25) is 5.02 Å². The minimum absolute atomic E-state index is 0.0613. The summed E-state index contributed by atoms with van der Waals surface area (Å²) in [7, 11) is 0. The molecule has 2 aromatic carbocycles. The summed E-state index contributed by atoms with van der Waals surface area (Å²) in [6, 6.07) is 14.9. The van der Waals surface area contributed by atoms with E-state index in [0.717, 1.165) is 10.5 Å². The first-order valence-corrected chi connectivity index (χ1v) is 10.1. The van der Waals surface area contributed by atoms with Gasteiger partial charge in [-0.1, -0.05) is 28.9 Å². The maximum Gasteiger partial charge on any atom is 0.307 e. The van der Waals surface area contributed by atoms with Gasteiger partial charge in [-0.2, -0.15) is 4.98 Å². The van der Waals surface area contributed by atoms with Crippen LogP contribution in [0, 0.1) is 0 Å². The van der Waals surface area contributed by atoms with Crippen molar-refractivity contribution in [3.05, 3.63) is 59.4 Å². The van der Waals surface area contributed by atoms with Gasteiger partial charge in [-0.3, -0.25) is 4.79 Å². The van der Waals surface area contributed by atoms with Crippen molar-refractivity contribution < 1.29 is 18.8 Å². The van der Waals surface area contributed by atoms with E-state index in [9.17, 15) is 4.79 Å². The summed E-state index contributed by atoms with van der Waals surface area (Å²) < 4.78 is 16.0. The van der Waals surface area contributed by atoms with E-state index in [1.54, 1.807) is 11.8 Å². The van der Waals surface area contributed by atoms with Crippen molar-refractivity contribution in [2.24, 2.45) is 0 Å². The van der Waals surface area contributed by atoms with E-state index in [-0.39, 0.29) is 24.9 Å². The third kappa shape index (κ3) is 5.74. The lowest BCUT2D eigenvalue weighted by Gasteiger charge is -2.06. The summed E-state index contributed by atoms with van der Waals surface area (Å²) in [4.78, 5) is 17.2. The van der Waals surface area contributed by atoms with Crippen LogP contribution in [0.5, 0.6) is 5.75 Å². The third-order valence-corrected chi connectivity index (χ3v) is 4.91. The van der Waals surface area contributed by atoms with Crippen LogP contribution in [0.1, 0.15) is 19.2 Å². The van der Waals surface area contributed by atoms with E-state index < -0.39 is 0 Å². The smallest absolute Gasteiger partial charge is 0.307 e. The summed E-state index contributed by atoms with van der Waals surface area (Å²) >= 11 is 7.41. The first kappa shape index (κ1) is 20.2. The second-order valence-corrected chi connectivity index (χ2v) is 7.26. The minimum Gasteiger partial charge on any atom is -0.493 e. The summed E-state index contributed by atoms with van der Waals surface area (Å²) in [5.41, 5.74) is 0.727. The van der Waals surface area contributed by atoms with Crippen molar-refractivity contribution >= 4 is 29.3 Å². The molecule has 0 spiro atoms. The van der Waals surface area contributed by atoms with E-state index in [4.69, 9.17) is 25.6 Å². The van der Waals surface area contributed by atoms with E-state index in [2.05, 4.69) is 10.1 Å². The molecule has 0 aliphatic carbocycles. The molecule has 0 bridgehead atoms. The molecule has 0 fully saturated rings. The Labute approximate surface area is 172 Å². The zero-order chi connectivity index (χ0) is 19.8. The number of esters is 1. The SMILES string of the molecule is CCOc1ccccc1-c1noc(COC(=O)CCSc2ccc(Cl)cc2)n1. The normalized spacial score (nSPS) is 10.6. The fraction of sp³-hybridized carbons (Fsp3) is 0.250. The molecule has 1 aromatic heterocycles. The zero-order valence-electron chi connectivity index (χ0n) is 15.3. The number of nitrogens with zero attached hydrogens (tertiary/aromatic N) is 2. The largest absolute Gasteiger partial charge is 0.493 e. The third-order valence-electron chi connectivity index (χ3n) is 3.64. The van der Waals surface area contributed by atoms with E-state index in [0.29, 0.717) is 29.0 Å². The first-order valence-electron chi connectivity index (χ1n) is 8.74. The number of ether oxygens (including phenoxy) is 2. The molecule has 0 aliphatic heterocycles. The topological polar surface area (TPSA) is 74.5 Å². The molecule has 0 radical (unpaired) electrons. The lowest BCUT2D eigenvalue weighted by Crippen LogP contribution is -2.05. The molecule has 3 rings (SSSR count). The van der Waals surface area contributed by atoms with Crippen molar-refractivity contribution in [1.82, 2.24) is 10.1 Å². The van der Waals surface area contributed by atoms with Crippen LogP contribution < -0.4 is 4.74 Å². The van der Waals surface area contributed by atoms with Gasteiger partial charge in [0, 0.05) is 15.7 Å². The summed E-state index contributed by atoms with van der Waals surface area (Å²) in [6.45, 7) is 2.38. The second kappa shape index (κ2) is 10.1. The van der Waals surface area contributed by atoms with Gasteiger partial charge in [-0.25, -0.2) is 0 Å². The fourth-order valence-electron chi connectivity index (χ4n) is 2.35. The number of hydrogen-bond acceptors (Lipinski definition) is 7. The molecule has 0 unspecified atom stereocenters. The first-order chi connectivity index (χ1) is 13.7. The van der Waals surface area contributed by atoms with Crippen LogP contribution in [0.4, 0.5) is 0 Å². The molecule has 0 atom stereocenters. The average Bonchev–Trinajstić information content (AvgIpc) is 3.17. The number of benzene rings is 2. The number of carbonyl (C=O) groups is 1. The van der Waals surface area contributed by atoms with Gasteiger partial charge in [0.05, 0.1) is 18.6 Å². The standard InChI is InChI=1S/C20H19ClN2O4S/c1-2-25-17-6-4-3-5-16(17)20-22-18(27-23-20)13-26-19(24)11-12-28-15-9-7-14(21)8-10-15/h3-10H,2,11-13H2,1H3. The van der Waals surface area contributed by atoms with Crippen LogP contribution in [-0.4, -0.2) is 28.5 Å². The number of carbonyl (C=O) groups excluding carboxylic acids is 1. The van der Waals surface area contributed by atoms with Gasteiger partial charge >= 0.3 is 5.97 Å². The number of para-hydroxylation sites is 1. The Morgan fingerprint density at radius 2 is 1.96 bits per heavy atom. The van der Waals surface area contributed by atoms with Crippen molar-refractivity contribution in [3.63, 3.8) is 0 Å². The van der Waals surface area contributed by atoms with Crippen molar-refractivity contribution in [2.75, 3.05) is 12.4 Å². The minimum atomic E-state index is -0.323. The molecule has 3 aromatic rings. The molecule has 8 heteroatoms. The van der Waals surface area contributed by atoms with E-state index >= 15 is 0 Å².